The first-order valence-electron chi connectivity index (χ1n) is 6.49. The fourth-order valence-electron chi connectivity index (χ4n) is 2.27. The second-order valence-electron chi connectivity index (χ2n) is 4.80. The van der Waals surface area contributed by atoms with E-state index in [4.69, 9.17) is 0 Å². The van der Waals surface area contributed by atoms with Gasteiger partial charge in [0.25, 0.3) is 0 Å². The minimum Gasteiger partial charge on any atom is -0.347 e. The Labute approximate surface area is 104 Å². The third kappa shape index (κ3) is 2.70. The highest BCUT2D eigenvalue weighted by atomic mass is 14.9. The van der Waals surface area contributed by atoms with E-state index < -0.39 is 0 Å². The molecule has 0 aliphatic carbocycles. The van der Waals surface area contributed by atoms with Crippen molar-refractivity contribution in [2.75, 3.05) is 7.05 Å². The van der Waals surface area contributed by atoms with Gasteiger partial charge in [0.1, 0.15) is 0 Å². The highest BCUT2D eigenvalue weighted by Crippen LogP contribution is 2.19. The number of hydrogen-bond donors (Lipinski definition) is 1. The highest BCUT2D eigenvalue weighted by Gasteiger charge is 2.04. The molecule has 2 aromatic rings. The van der Waals surface area contributed by atoms with Crippen LogP contribution >= 0.6 is 0 Å². The van der Waals surface area contributed by atoms with Crippen LogP contribution in [0.15, 0.2) is 30.5 Å². The van der Waals surface area contributed by atoms with Crippen molar-refractivity contribution < 1.29 is 0 Å². The Bertz CT molecular complexity index is 485. The Morgan fingerprint density at radius 3 is 2.82 bits per heavy atom. The second kappa shape index (κ2) is 5.37. The van der Waals surface area contributed by atoms with E-state index in [0.717, 1.165) is 13.0 Å². The van der Waals surface area contributed by atoms with Crippen LogP contribution in [0.5, 0.6) is 0 Å². The van der Waals surface area contributed by atoms with Gasteiger partial charge >= 0.3 is 0 Å². The molecular weight excluding hydrogens is 208 g/mol. The molecule has 92 valence electrons. The van der Waals surface area contributed by atoms with Gasteiger partial charge in [0.2, 0.25) is 0 Å². The van der Waals surface area contributed by atoms with Crippen LogP contribution in [-0.4, -0.2) is 17.7 Å². The Morgan fingerprint density at radius 2 is 2.12 bits per heavy atom. The summed E-state index contributed by atoms with van der Waals surface area (Å²) in [6, 6.07) is 9.57. The maximum atomic E-state index is 3.28. The molecule has 0 amide bonds. The van der Waals surface area contributed by atoms with Crippen molar-refractivity contribution in [3.63, 3.8) is 0 Å². The topological polar surface area (TPSA) is 17.0 Å². The molecule has 1 aromatic carbocycles. The summed E-state index contributed by atoms with van der Waals surface area (Å²) in [7, 11) is 2.01. The molecule has 2 nitrogen and oxygen atoms in total. The molecule has 0 bridgehead atoms. The minimum atomic E-state index is 0.533. The van der Waals surface area contributed by atoms with Crippen LogP contribution in [0.25, 0.3) is 10.9 Å². The van der Waals surface area contributed by atoms with Crippen molar-refractivity contribution in [3.8, 4) is 0 Å². The van der Waals surface area contributed by atoms with Crippen molar-refractivity contribution in [2.45, 2.75) is 39.3 Å². The molecule has 1 aromatic heterocycles. The van der Waals surface area contributed by atoms with Gasteiger partial charge in [-0.2, -0.15) is 0 Å². The van der Waals surface area contributed by atoms with Gasteiger partial charge in [-0.05, 0) is 56.0 Å². The Balaban J connectivity index is 2.26. The maximum absolute atomic E-state index is 3.28. The number of hydrogen-bond acceptors (Lipinski definition) is 1. The highest BCUT2D eigenvalue weighted by molar-refractivity contribution is 5.80. The molecule has 1 heterocycles. The van der Waals surface area contributed by atoms with Crippen LogP contribution in [-0.2, 0) is 13.0 Å². The monoisotopic (exact) mass is 230 g/mol. The third-order valence-electron chi connectivity index (χ3n) is 3.33. The van der Waals surface area contributed by atoms with E-state index in [2.05, 4.69) is 54.2 Å². The van der Waals surface area contributed by atoms with Crippen molar-refractivity contribution >= 4 is 10.9 Å². The Kier molecular flexibility index (Phi) is 3.85. The van der Waals surface area contributed by atoms with Crippen LogP contribution in [0.4, 0.5) is 0 Å². The van der Waals surface area contributed by atoms with E-state index in [9.17, 15) is 0 Å². The predicted molar refractivity (Wildman–Crippen MR) is 74.5 cm³/mol. The minimum absolute atomic E-state index is 0.533. The number of nitrogens with one attached hydrogen (secondary N) is 1. The first-order chi connectivity index (χ1) is 8.24. The molecule has 1 atom stereocenters. The smallest absolute Gasteiger partial charge is 0.0480 e. The lowest BCUT2D eigenvalue weighted by molar-refractivity contribution is 0.609. The largest absolute Gasteiger partial charge is 0.347 e. The lowest BCUT2D eigenvalue weighted by Gasteiger charge is -2.10. The molecule has 0 spiro atoms. The molecule has 1 unspecified atom stereocenters. The van der Waals surface area contributed by atoms with Crippen LogP contribution in [0, 0.1) is 0 Å². The van der Waals surface area contributed by atoms with Gasteiger partial charge < -0.3 is 9.88 Å². The first-order valence-corrected chi connectivity index (χ1v) is 6.49. The van der Waals surface area contributed by atoms with Crippen molar-refractivity contribution in [2.24, 2.45) is 0 Å². The molecular formula is C15H22N2. The van der Waals surface area contributed by atoms with E-state index >= 15 is 0 Å². The molecule has 2 rings (SSSR count). The summed E-state index contributed by atoms with van der Waals surface area (Å²) in [6.07, 6.45) is 4.47. The molecule has 0 aliphatic heterocycles. The molecule has 0 saturated heterocycles. The van der Waals surface area contributed by atoms with Crippen LogP contribution in [0.3, 0.4) is 0 Å². The number of likely N-dealkylation sites (N-methyl/N-ethyl adjacent to an activating group) is 1. The fraction of sp³-hybridized carbons (Fsp3) is 0.467. The Morgan fingerprint density at radius 1 is 1.29 bits per heavy atom. The SMILES string of the molecule is CCCn1ccc2cc(CC(C)NC)ccc21. The molecule has 1 N–H and O–H groups in total. The number of nitrogens with zero attached hydrogens (tertiary/aromatic N) is 1. The summed E-state index contributed by atoms with van der Waals surface area (Å²) < 4.78 is 2.33. The van der Waals surface area contributed by atoms with Gasteiger partial charge in [0.05, 0.1) is 0 Å². The normalized spacial score (nSPS) is 13.1. The van der Waals surface area contributed by atoms with Gasteiger partial charge in [-0.15, -0.1) is 0 Å². The summed E-state index contributed by atoms with van der Waals surface area (Å²) in [4.78, 5) is 0. The number of aryl methyl sites for hydroxylation is 1. The van der Waals surface area contributed by atoms with E-state index in [1.807, 2.05) is 7.05 Å². The zero-order chi connectivity index (χ0) is 12.3. The van der Waals surface area contributed by atoms with Crippen LogP contribution in [0.1, 0.15) is 25.8 Å². The van der Waals surface area contributed by atoms with E-state index in [-0.39, 0.29) is 0 Å². The van der Waals surface area contributed by atoms with E-state index in [1.54, 1.807) is 0 Å². The second-order valence-corrected chi connectivity index (χ2v) is 4.80. The van der Waals surface area contributed by atoms with Crippen LogP contribution < -0.4 is 5.32 Å². The predicted octanol–water partition coefficient (Wildman–Crippen LogP) is 3.20. The molecule has 0 aliphatic rings. The molecule has 17 heavy (non-hydrogen) atoms. The summed E-state index contributed by atoms with van der Waals surface area (Å²) in [5.74, 6) is 0. The average Bonchev–Trinajstić information content (AvgIpc) is 2.72. The standard InChI is InChI=1S/C15H22N2/c1-4-8-17-9-7-14-11-13(5-6-15(14)17)10-12(2)16-3/h5-7,9,11-12,16H,4,8,10H2,1-3H3. The van der Waals surface area contributed by atoms with Gasteiger partial charge in [-0.3, -0.25) is 0 Å². The van der Waals surface area contributed by atoms with Gasteiger partial charge in [0, 0.05) is 24.3 Å². The van der Waals surface area contributed by atoms with Crippen LogP contribution in [0.2, 0.25) is 0 Å². The van der Waals surface area contributed by atoms with Crippen molar-refractivity contribution in [3.05, 3.63) is 36.0 Å². The lowest BCUT2D eigenvalue weighted by Crippen LogP contribution is -2.23. The molecule has 0 saturated carbocycles. The van der Waals surface area contributed by atoms with Gasteiger partial charge in [-0.1, -0.05) is 13.0 Å². The first kappa shape index (κ1) is 12.2. The van der Waals surface area contributed by atoms with E-state index in [1.165, 1.54) is 22.9 Å². The summed E-state index contributed by atoms with van der Waals surface area (Å²) in [6.45, 7) is 5.54. The Hall–Kier alpha value is -1.28. The number of rotatable bonds is 5. The molecule has 0 fully saturated rings. The fourth-order valence-corrected chi connectivity index (χ4v) is 2.27. The number of fused-ring (bicyclic) bond motifs is 1. The van der Waals surface area contributed by atoms with Gasteiger partial charge in [-0.25, -0.2) is 0 Å². The quantitative estimate of drug-likeness (QED) is 0.834. The maximum Gasteiger partial charge on any atom is 0.0480 e. The summed E-state index contributed by atoms with van der Waals surface area (Å²) in [5.41, 5.74) is 2.77. The third-order valence-corrected chi connectivity index (χ3v) is 3.33. The van der Waals surface area contributed by atoms with Gasteiger partial charge in [0.15, 0.2) is 0 Å². The van der Waals surface area contributed by atoms with Crippen molar-refractivity contribution in [1.29, 1.82) is 0 Å². The number of benzene rings is 1. The molecule has 2 heteroatoms. The average molecular weight is 230 g/mol. The summed E-state index contributed by atoms with van der Waals surface area (Å²) in [5, 5.41) is 4.64. The summed E-state index contributed by atoms with van der Waals surface area (Å²) >= 11 is 0. The number of aromatic nitrogens is 1. The van der Waals surface area contributed by atoms with Crippen molar-refractivity contribution in [1.82, 2.24) is 9.88 Å². The van der Waals surface area contributed by atoms with E-state index in [0.29, 0.717) is 6.04 Å². The lowest BCUT2D eigenvalue weighted by atomic mass is 10.1. The zero-order valence-electron chi connectivity index (χ0n) is 11.0. The molecule has 0 radical (unpaired) electrons. The zero-order valence-corrected chi connectivity index (χ0v) is 11.0.